The van der Waals surface area contributed by atoms with Crippen LogP contribution in [0.4, 0.5) is 17.1 Å². The maximum absolute atomic E-state index is 12.2. The highest BCUT2D eigenvalue weighted by Gasteiger charge is 2.21. The third-order valence-electron chi connectivity index (χ3n) is 17.6. The number of benzene rings is 5. The normalized spacial score (nSPS) is 15.4. The fourth-order valence-electron chi connectivity index (χ4n) is 11.1. The van der Waals surface area contributed by atoms with Crippen molar-refractivity contribution in [2.45, 2.75) is 147 Å². The molecule has 0 N–H and O–H groups in total. The molecule has 5 aromatic carbocycles. The monoisotopic (exact) mass is 1580 g/mol. The van der Waals surface area contributed by atoms with E-state index in [4.69, 9.17) is 4.74 Å². The molecule has 0 aliphatic carbocycles. The number of rotatable bonds is 33. The fourth-order valence-corrected chi connectivity index (χ4v) is 32.4. The summed E-state index contributed by atoms with van der Waals surface area (Å²) >= 11 is 3.89. The predicted molar refractivity (Wildman–Crippen MR) is 437 cm³/mol. The van der Waals surface area contributed by atoms with Gasteiger partial charge in [-0.25, -0.2) is 47.1 Å². The number of ether oxygens (including phenoxy) is 1. The first-order valence-corrected chi connectivity index (χ1v) is 56.5. The minimum Gasteiger partial charge on any atom is -0.378 e. The van der Waals surface area contributed by atoms with E-state index in [1.54, 1.807) is 73.2 Å². The lowest BCUT2D eigenvalue weighted by Crippen LogP contribution is -2.36. The molecule has 552 valence electrons. The van der Waals surface area contributed by atoms with Crippen LogP contribution in [-0.4, -0.2) is 215 Å². The van der Waals surface area contributed by atoms with Gasteiger partial charge in [-0.15, -0.1) is 11.8 Å². The molecule has 1 aromatic heterocycles. The van der Waals surface area contributed by atoms with Crippen LogP contribution in [0.2, 0.25) is 36.3 Å². The van der Waals surface area contributed by atoms with Gasteiger partial charge < -0.3 is 24.0 Å². The molecule has 6 aromatic rings. The molecule has 0 amide bonds. The average molecular weight is 1580 g/mol. The van der Waals surface area contributed by atoms with E-state index in [1.807, 2.05) is 95.0 Å². The Morgan fingerprint density at radius 3 is 1.17 bits per heavy atom. The van der Waals surface area contributed by atoms with Crippen molar-refractivity contribution in [1.29, 1.82) is 0 Å². The third-order valence-corrected chi connectivity index (χ3v) is 44.8. The van der Waals surface area contributed by atoms with Crippen LogP contribution >= 0.6 is 23.5 Å². The first kappa shape index (κ1) is 85.8. The number of anilines is 3. The van der Waals surface area contributed by atoms with E-state index in [0.29, 0.717) is 52.0 Å². The number of nitrogens with zero attached hydrogens (tertiary/aromatic N) is 6. The molecular formula is C70H114N6O11S7Si5. The molecule has 1 unspecified atom stereocenters. The fraction of sp³-hybridized carbons (Fsp3) is 0.529. The van der Waals surface area contributed by atoms with Gasteiger partial charge in [-0.05, 0) is 142 Å². The van der Waals surface area contributed by atoms with Crippen LogP contribution in [0.25, 0.3) is 5.69 Å². The van der Waals surface area contributed by atoms with Gasteiger partial charge >= 0.3 is 0 Å². The number of imidazole rings is 1. The van der Waals surface area contributed by atoms with Crippen LogP contribution in [0, 0.1) is 0 Å². The zero-order valence-corrected chi connectivity index (χ0v) is 73.0. The highest BCUT2D eigenvalue weighted by molar-refractivity contribution is 7.99. The molecule has 0 spiro atoms. The van der Waals surface area contributed by atoms with Gasteiger partial charge in [0.05, 0.1) is 49.9 Å². The Bertz CT molecular complexity index is 3700. The van der Waals surface area contributed by atoms with E-state index in [-0.39, 0.29) is 9.52 Å². The quantitative estimate of drug-likeness (QED) is 0.0277. The third kappa shape index (κ3) is 30.8. The van der Waals surface area contributed by atoms with Crippen LogP contribution in [-0.2, 0) is 53.9 Å². The number of hydrogen-bond donors (Lipinski definition) is 0. The van der Waals surface area contributed by atoms with Crippen molar-refractivity contribution in [2.24, 2.45) is 0 Å². The number of aromatic nitrogens is 2. The second kappa shape index (κ2) is 45.4. The summed E-state index contributed by atoms with van der Waals surface area (Å²) < 4.78 is 127. The molecule has 1 atom stereocenters. The smallest absolute Gasteiger partial charge is 0.175 e. The lowest BCUT2D eigenvalue weighted by molar-refractivity contribution is 0.122. The summed E-state index contributed by atoms with van der Waals surface area (Å²) in [6.07, 6.45) is 13.5. The van der Waals surface area contributed by atoms with Gasteiger partial charge in [0.25, 0.3) is 0 Å². The van der Waals surface area contributed by atoms with E-state index in [9.17, 15) is 42.1 Å². The van der Waals surface area contributed by atoms with Crippen molar-refractivity contribution in [3.63, 3.8) is 0 Å². The molecule has 3 saturated heterocycles. The topological polar surface area (TPSA) is 211 Å². The minimum absolute atomic E-state index is 0.166. The van der Waals surface area contributed by atoms with Crippen LogP contribution in [0.1, 0.15) is 91.7 Å². The van der Waals surface area contributed by atoms with Crippen molar-refractivity contribution >= 4 is 137 Å². The maximum atomic E-state index is 12.2. The lowest BCUT2D eigenvalue weighted by Gasteiger charge is -2.28. The molecule has 99 heavy (non-hydrogen) atoms. The van der Waals surface area contributed by atoms with Crippen LogP contribution < -0.4 is 14.7 Å². The largest absolute Gasteiger partial charge is 0.378 e. The molecule has 3 aliphatic rings. The minimum atomic E-state index is -3.10. The Balaban J connectivity index is 0.000000223. The lowest BCUT2D eigenvalue weighted by atomic mass is 10.1. The zero-order valence-electron chi connectivity index (χ0n) is 60.2. The summed E-state index contributed by atoms with van der Waals surface area (Å²) in [5, 5.41) is 1.56. The van der Waals surface area contributed by atoms with Crippen molar-refractivity contribution in [3.8, 4) is 5.69 Å². The molecule has 29 heteroatoms. The van der Waals surface area contributed by atoms with Gasteiger partial charge in [-0.1, -0.05) is 115 Å². The van der Waals surface area contributed by atoms with Gasteiger partial charge in [0.15, 0.2) is 49.2 Å². The van der Waals surface area contributed by atoms with Crippen molar-refractivity contribution in [1.82, 2.24) is 14.5 Å². The van der Waals surface area contributed by atoms with Crippen LogP contribution in [0.15, 0.2) is 165 Å². The zero-order chi connectivity index (χ0) is 72.2. The van der Waals surface area contributed by atoms with Crippen molar-refractivity contribution in [3.05, 3.63) is 146 Å². The van der Waals surface area contributed by atoms with E-state index < -0.39 is 87.3 Å². The van der Waals surface area contributed by atoms with Gasteiger partial charge in [-0.2, -0.15) is 11.8 Å². The summed E-state index contributed by atoms with van der Waals surface area (Å²) in [6, 6.07) is 44.2. The van der Waals surface area contributed by atoms with Crippen molar-refractivity contribution in [2.75, 3.05) is 125 Å². The molecule has 0 saturated carbocycles. The second-order valence-corrected chi connectivity index (χ2v) is 50.9. The predicted octanol–water partition coefficient (Wildman–Crippen LogP) is 9.63. The van der Waals surface area contributed by atoms with Gasteiger partial charge in [-0.3, -0.25) is 4.90 Å². The van der Waals surface area contributed by atoms with Gasteiger partial charge in [0.1, 0.15) is 0 Å². The molecule has 3 aliphatic heterocycles. The second-order valence-electron chi connectivity index (χ2n) is 25.5. The number of hydrogen-bond acceptors (Lipinski definition) is 18. The summed E-state index contributed by atoms with van der Waals surface area (Å²) in [4.78, 5) is 15.5. The van der Waals surface area contributed by atoms with Gasteiger partial charge in [0.2, 0.25) is 0 Å². The molecule has 4 heterocycles. The number of morpholine rings is 1. The van der Waals surface area contributed by atoms with Crippen molar-refractivity contribution < 1.29 is 46.8 Å². The van der Waals surface area contributed by atoms with E-state index in [2.05, 4.69) is 73.2 Å². The maximum Gasteiger partial charge on any atom is 0.175 e. The van der Waals surface area contributed by atoms with E-state index in [1.165, 1.54) is 36.7 Å². The highest BCUT2D eigenvalue weighted by atomic mass is 32.2. The Hall–Kier alpha value is -3.84. The molecule has 9 rings (SSSR count). The van der Waals surface area contributed by atoms with Crippen LogP contribution in [0.3, 0.4) is 0 Å². The summed E-state index contributed by atoms with van der Waals surface area (Å²) in [5.41, 5.74) is 5.46. The molecule has 3 fully saturated rings. The van der Waals surface area contributed by atoms with E-state index in [0.717, 1.165) is 148 Å². The first-order chi connectivity index (χ1) is 47.4. The number of thioether (sulfide) groups is 2. The summed E-state index contributed by atoms with van der Waals surface area (Å²) in [7, 11) is -14.9. The molecule has 0 radical (unpaired) electrons. The Morgan fingerprint density at radius 2 is 0.808 bits per heavy atom. The summed E-state index contributed by atoms with van der Waals surface area (Å²) in [5.74, 6) is 4.48. The van der Waals surface area contributed by atoms with Crippen LogP contribution in [0.5, 0.6) is 0 Å². The highest BCUT2D eigenvalue weighted by Crippen LogP contribution is 2.27. The Kier molecular flexibility index (Phi) is 39.4. The Morgan fingerprint density at radius 1 is 0.455 bits per heavy atom. The van der Waals surface area contributed by atoms with E-state index >= 15 is 0 Å². The standard InChI is InChI=1S/C16H29NO2SSi.C14H23NO3SSi.C14H23NO2S2Si.C13H18N2O2SSi.C13H21NO2S2Si/c1-5-12-21-13-6-11-17(3)14(2)15-7-9-16(10-8-15)20(4,18)19;2*1-2-11-20-12-19(16,17)14-5-3-13(4-6-14)15-7-9-18-10-8-15;1-2-9-19-11-18(16,17)13-5-3-12(4-6-13)15-8-7-14-10-15;1-2-9-19-11-18(15,16)13-5-3-12(4-6-13)14-7-8-17-10-14/h7-10,14H,5-6,11-13,21H2,1-4H3;2*3-6H,2,7-12,20H2,1H3;3-8,10H,2,9,11,19H2,1H3;3-6H,2,7-11,19H2,1H3. The SMILES string of the molecule is CCC[SiH2]CCCN(C)C(C)c1ccc(S(C)(=O)=O)cc1.CCC[SiH2]CS(=O)(=O)c1ccc(-n2ccnc2)cc1.CCC[SiH2]CS(=O)(=O)c1ccc(N2CCOCC2)cc1.CCC[SiH2]CS(=O)(=O)c1ccc(N2CCSC2)cc1.CCC[SiH2]CS(=O)(=O)c1ccc(N2CCSCC2)cc1. The molecule has 17 nitrogen and oxygen atoms in total. The average Bonchev–Trinajstić information content (AvgIpc) is 1.81. The molecule has 0 bridgehead atoms. The first-order valence-electron chi connectivity index (χ1n) is 35.7. The van der Waals surface area contributed by atoms with Gasteiger partial charge in [0, 0.05) is 167 Å². The Labute approximate surface area is 616 Å². The number of sulfone groups is 5. The summed E-state index contributed by atoms with van der Waals surface area (Å²) in [6.45, 7) is 20.4. The molecular weight excluding hydrogens is 1470 g/mol.